The van der Waals surface area contributed by atoms with E-state index in [1.54, 1.807) is 6.07 Å². The molecule has 2 aromatic rings. The summed E-state index contributed by atoms with van der Waals surface area (Å²) in [4.78, 5) is 0. The van der Waals surface area contributed by atoms with Gasteiger partial charge in [0.15, 0.2) is 0 Å². The van der Waals surface area contributed by atoms with E-state index >= 15 is 0 Å². The largest absolute Gasteiger partial charge is 0.347 e. The first-order valence-corrected chi connectivity index (χ1v) is 5.79. The van der Waals surface area contributed by atoms with Crippen LogP contribution in [-0.2, 0) is 13.5 Å². The smallest absolute Gasteiger partial charge is 0.147 e. The van der Waals surface area contributed by atoms with Gasteiger partial charge in [0, 0.05) is 18.1 Å². The average Bonchev–Trinajstić information content (AvgIpc) is 2.45. The van der Waals surface area contributed by atoms with Crippen molar-refractivity contribution >= 4 is 26.8 Å². The maximum absolute atomic E-state index is 13.9. The molecule has 0 aliphatic carbocycles. The van der Waals surface area contributed by atoms with E-state index in [0.29, 0.717) is 4.47 Å². The molecular weight excluding hydrogens is 257 g/mol. The lowest BCUT2D eigenvalue weighted by atomic mass is 10.1. The zero-order valence-corrected chi connectivity index (χ0v) is 10.7. The van der Waals surface area contributed by atoms with Crippen molar-refractivity contribution in [3.63, 3.8) is 0 Å². The molecule has 0 radical (unpaired) electrons. The molecule has 80 valence electrons. The van der Waals surface area contributed by atoms with Crippen molar-refractivity contribution in [1.82, 2.24) is 4.57 Å². The first-order valence-electron chi connectivity index (χ1n) is 4.99. The normalized spacial score (nSPS) is 11.3. The summed E-state index contributed by atoms with van der Waals surface area (Å²) in [5.74, 6) is -0.152. The number of fused-ring (bicyclic) bond motifs is 1. The number of rotatable bonds is 1. The zero-order valence-electron chi connectivity index (χ0n) is 9.06. The number of nitrogens with zero attached hydrogens (tertiary/aromatic N) is 1. The van der Waals surface area contributed by atoms with Gasteiger partial charge in [-0.1, -0.05) is 6.92 Å². The number of benzene rings is 1. The van der Waals surface area contributed by atoms with Crippen molar-refractivity contribution in [1.29, 1.82) is 0 Å². The van der Waals surface area contributed by atoms with Crippen LogP contribution in [0, 0.1) is 12.7 Å². The minimum atomic E-state index is -0.152. The molecule has 0 fully saturated rings. The monoisotopic (exact) mass is 269 g/mol. The van der Waals surface area contributed by atoms with Gasteiger partial charge >= 0.3 is 0 Å². The molecule has 2 rings (SSSR count). The molecular formula is C12H13BrFN. The first-order chi connectivity index (χ1) is 7.07. The van der Waals surface area contributed by atoms with Gasteiger partial charge < -0.3 is 4.57 Å². The van der Waals surface area contributed by atoms with Crippen LogP contribution in [-0.4, -0.2) is 4.57 Å². The van der Waals surface area contributed by atoms with Crippen molar-refractivity contribution in [3.8, 4) is 0 Å². The Kier molecular flexibility index (Phi) is 2.59. The van der Waals surface area contributed by atoms with Gasteiger partial charge in [0.05, 0.1) is 9.99 Å². The molecule has 1 heterocycles. The van der Waals surface area contributed by atoms with Crippen molar-refractivity contribution in [3.05, 3.63) is 33.7 Å². The molecule has 1 nitrogen and oxygen atoms in total. The van der Waals surface area contributed by atoms with Crippen LogP contribution in [0.1, 0.15) is 18.2 Å². The van der Waals surface area contributed by atoms with E-state index in [-0.39, 0.29) is 5.82 Å². The maximum atomic E-state index is 13.9. The third kappa shape index (κ3) is 1.41. The standard InChI is InChI=1S/C12H13BrFN/c1-4-9-7(2)11-10(15(9)3)6-5-8(13)12(11)14/h5-6H,4H2,1-3H3. The fraction of sp³-hybridized carbons (Fsp3) is 0.333. The Morgan fingerprint density at radius 2 is 2.07 bits per heavy atom. The second-order valence-corrected chi connectivity index (χ2v) is 4.59. The third-order valence-corrected chi connectivity index (χ3v) is 3.59. The molecule has 0 N–H and O–H groups in total. The van der Waals surface area contributed by atoms with Crippen LogP contribution < -0.4 is 0 Å². The second-order valence-electron chi connectivity index (χ2n) is 3.74. The highest BCUT2D eigenvalue weighted by Crippen LogP contribution is 2.31. The average molecular weight is 270 g/mol. The van der Waals surface area contributed by atoms with Crippen molar-refractivity contribution < 1.29 is 4.39 Å². The molecule has 1 aromatic carbocycles. The Hall–Kier alpha value is -0.830. The van der Waals surface area contributed by atoms with Crippen LogP contribution in [0.3, 0.4) is 0 Å². The molecule has 0 atom stereocenters. The molecule has 3 heteroatoms. The van der Waals surface area contributed by atoms with Crippen LogP contribution in [0.15, 0.2) is 16.6 Å². The van der Waals surface area contributed by atoms with Crippen molar-refractivity contribution in [2.24, 2.45) is 7.05 Å². The van der Waals surface area contributed by atoms with E-state index in [1.807, 2.05) is 20.0 Å². The minimum absolute atomic E-state index is 0.152. The number of aromatic nitrogens is 1. The van der Waals surface area contributed by atoms with Gasteiger partial charge in [0.1, 0.15) is 5.82 Å². The lowest BCUT2D eigenvalue weighted by Crippen LogP contribution is -1.94. The number of hydrogen-bond acceptors (Lipinski definition) is 0. The summed E-state index contributed by atoms with van der Waals surface area (Å²) in [7, 11) is 1.99. The number of aryl methyl sites for hydroxylation is 2. The van der Waals surface area contributed by atoms with Crippen molar-refractivity contribution in [2.75, 3.05) is 0 Å². The van der Waals surface area contributed by atoms with Gasteiger partial charge in [0.25, 0.3) is 0 Å². The highest BCUT2D eigenvalue weighted by molar-refractivity contribution is 9.10. The number of halogens is 2. The van der Waals surface area contributed by atoms with Crippen molar-refractivity contribution in [2.45, 2.75) is 20.3 Å². The van der Waals surface area contributed by atoms with Crippen LogP contribution >= 0.6 is 15.9 Å². The first kappa shape index (κ1) is 10.7. The van der Waals surface area contributed by atoms with Crippen LogP contribution in [0.25, 0.3) is 10.9 Å². The van der Waals surface area contributed by atoms with E-state index in [4.69, 9.17) is 0 Å². The van der Waals surface area contributed by atoms with Gasteiger partial charge in [-0.05, 0) is 47.0 Å². The molecule has 0 bridgehead atoms. The summed E-state index contributed by atoms with van der Waals surface area (Å²) in [6, 6.07) is 3.71. The zero-order chi connectivity index (χ0) is 11.2. The molecule has 0 saturated carbocycles. The molecule has 0 unspecified atom stereocenters. The molecule has 0 aliphatic rings. The Morgan fingerprint density at radius 3 is 2.67 bits per heavy atom. The predicted molar refractivity (Wildman–Crippen MR) is 64.7 cm³/mol. The van der Waals surface area contributed by atoms with Gasteiger partial charge in [-0.2, -0.15) is 0 Å². The Labute approximate surface area is 97.0 Å². The molecule has 0 saturated heterocycles. The molecule has 0 amide bonds. The maximum Gasteiger partial charge on any atom is 0.147 e. The van der Waals surface area contributed by atoms with Gasteiger partial charge in [-0.3, -0.25) is 0 Å². The lowest BCUT2D eigenvalue weighted by molar-refractivity contribution is 0.633. The SMILES string of the molecule is CCc1c(C)c2c(F)c(Br)ccc2n1C. The summed E-state index contributed by atoms with van der Waals surface area (Å²) in [6.07, 6.45) is 0.925. The Bertz CT molecular complexity index is 528. The molecule has 1 aromatic heterocycles. The Morgan fingerprint density at radius 1 is 1.40 bits per heavy atom. The molecule has 0 aliphatic heterocycles. The van der Waals surface area contributed by atoms with Gasteiger partial charge in [0.2, 0.25) is 0 Å². The van der Waals surface area contributed by atoms with E-state index < -0.39 is 0 Å². The summed E-state index contributed by atoms with van der Waals surface area (Å²) >= 11 is 3.22. The summed E-state index contributed by atoms with van der Waals surface area (Å²) < 4.78 is 16.5. The summed E-state index contributed by atoms with van der Waals surface area (Å²) in [5.41, 5.74) is 3.21. The topological polar surface area (TPSA) is 4.93 Å². The summed E-state index contributed by atoms with van der Waals surface area (Å²) in [6.45, 7) is 4.07. The highest BCUT2D eigenvalue weighted by atomic mass is 79.9. The third-order valence-electron chi connectivity index (χ3n) is 2.98. The van der Waals surface area contributed by atoms with Gasteiger partial charge in [-0.15, -0.1) is 0 Å². The molecule has 0 spiro atoms. The fourth-order valence-electron chi connectivity index (χ4n) is 2.22. The minimum Gasteiger partial charge on any atom is -0.347 e. The second kappa shape index (κ2) is 3.63. The van der Waals surface area contributed by atoms with Crippen LogP contribution in [0.5, 0.6) is 0 Å². The highest BCUT2D eigenvalue weighted by Gasteiger charge is 2.15. The van der Waals surface area contributed by atoms with E-state index in [9.17, 15) is 4.39 Å². The summed E-state index contributed by atoms with van der Waals surface area (Å²) in [5, 5.41) is 0.740. The lowest BCUT2D eigenvalue weighted by Gasteiger charge is -2.01. The van der Waals surface area contributed by atoms with Gasteiger partial charge in [-0.25, -0.2) is 4.39 Å². The fourth-order valence-corrected chi connectivity index (χ4v) is 2.55. The quantitative estimate of drug-likeness (QED) is 0.739. The van der Waals surface area contributed by atoms with Crippen LogP contribution in [0.4, 0.5) is 4.39 Å². The van der Waals surface area contributed by atoms with E-state index in [0.717, 1.165) is 22.9 Å². The van der Waals surface area contributed by atoms with E-state index in [1.165, 1.54) is 5.69 Å². The predicted octanol–water partition coefficient (Wildman–Crippen LogP) is 3.95. The molecule has 15 heavy (non-hydrogen) atoms. The van der Waals surface area contributed by atoms with Crippen LogP contribution in [0.2, 0.25) is 0 Å². The Balaban J connectivity index is 2.96. The van der Waals surface area contributed by atoms with E-state index in [2.05, 4.69) is 27.4 Å². The number of hydrogen-bond donors (Lipinski definition) is 0.